The maximum atomic E-state index is 10.6. The first-order chi connectivity index (χ1) is 7.64. The van der Waals surface area contributed by atoms with Crippen LogP contribution in [0, 0.1) is 0 Å². The number of rotatable bonds is 3. The van der Waals surface area contributed by atoms with Crippen LogP contribution in [0.5, 0.6) is 0 Å². The standard InChI is InChI=1S/C12H21N3O/c1-3-6-15-9-11(8-13-15)12(16)5-4-7-14(2)10-12/h8-9,16H,3-7,10H2,1-2H3. The smallest absolute Gasteiger partial charge is 0.105 e. The van der Waals surface area contributed by atoms with Crippen LogP contribution in [0.1, 0.15) is 31.7 Å². The van der Waals surface area contributed by atoms with Gasteiger partial charge in [-0.2, -0.15) is 5.10 Å². The van der Waals surface area contributed by atoms with E-state index in [9.17, 15) is 5.11 Å². The Morgan fingerprint density at radius 2 is 2.38 bits per heavy atom. The van der Waals surface area contributed by atoms with Crippen molar-refractivity contribution in [1.29, 1.82) is 0 Å². The SMILES string of the molecule is CCCn1cc(C2(O)CCCN(C)C2)cn1. The van der Waals surface area contributed by atoms with Crippen LogP contribution < -0.4 is 0 Å². The molecule has 1 aromatic heterocycles. The Kier molecular flexibility index (Phi) is 3.30. The Labute approximate surface area is 96.9 Å². The number of likely N-dealkylation sites (N-methyl/N-ethyl adjacent to an activating group) is 1. The molecule has 1 N–H and O–H groups in total. The summed E-state index contributed by atoms with van der Waals surface area (Å²) in [4.78, 5) is 2.18. The maximum absolute atomic E-state index is 10.6. The summed E-state index contributed by atoms with van der Waals surface area (Å²) >= 11 is 0. The maximum Gasteiger partial charge on any atom is 0.105 e. The van der Waals surface area contributed by atoms with E-state index < -0.39 is 5.60 Å². The number of nitrogens with zero attached hydrogens (tertiary/aromatic N) is 3. The molecule has 4 nitrogen and oxygen atoms in total. The highest BCUT2D eigenvalue weighted by Crippen LogP contribution is 2.30. The van der Waals surface area contributed by atoms with Gasteiger partial charge in [-0.25, -0.2) is 0 Å². The summed E-state index contributed by atoms with van der Waals surface area (Å²) in [7, 11) is 2.06. The molecule has 0 spiro atoms. The number of piperidine rings is 1. The van der Waals surface area contributed by atoms with Crippen LogP contribution in [-0.2, 0) is 12.1 Å². The molecule has 0 amide bonds. The van der Waals surface area contributed by atoms with Crippen LogP contribution >= 0.6 is 0 Å². The van der Waals surface area contributed by atoms with E-state index in [1.807, 2.05) is 17.1 Å². The number of likely N-dealkylation sites (tertiary alicyclic amines) is 1. The second-order valence-electron chi connectivity index (χ2n) is 4.87. The number of aliphatic hydroxyl groups is 1. The van der Waals surface area contributed by atoms with Crippen molar-refractivity contribution in [2.24, 2.45) is 0 Å². The molecule has 16 heavy (non-hydrogen) atoms. The summed E-state index contributed by atoms with van der Waals surface area (Å²) in [6.07, 6.45) is 6.76. The van der Waals surface area contributed by atoms with Crippen molar-refractivity contribution in [2.45, 2.75) is 38.3 Å². The minimum Gasteiger partial charge on any atom is -0.384 e. The highest BCUT2D eigenvalue weighted by atomic mass is 16.3. The number of hydrogen-bond donors (Lipinski definition) is 1. The third kappa shape index (κ3) is 2.28. The monoisotopic (exact) mass is 223 g/mol. The Morgan fingerprint density at radius 3 is 3.06 bits per heavy atom. The predicted molar refractivity (Wildman–Crippen MR) is 63.1 cm³/mol. The van der Waals surface area contributed by atoms with Gasteiger partial charge < -0.3 is 10.0 Å². The highest BCUT2D eigenvalue weighted by Gasteiger charge is 2.34. The van der Waals surface area contributed by atoms with E-state index in [0.717, 1.165) is 37.9 Å². The molecule has 1 unspecified atom stereocenters. The van der Waals surface area contributed by atoms with E-state index in [2.05, 4.69) is 24.0 Å². The van der Waals surface area contributed by atoms with E-state index in [4.69, 9.17) is 0 Å². The minimum atomic E-state index is -0.695. The lowest BCUT2D eigenvalue weighted by molar-refractivity contribution is -0.0278. The molecular weight excluding hydrogens is 202 g/mol. The van der Waals surface area contributed by atoms with E-state index >= 15 is 0 Å². The molecule has 1 aliphatic rings. The number of aromatic nitrogens is 2. The van der Waals surface area contributed by atoms with Crippen LogP contribution in [0.2, 0.25) is 0 Å². The lowest BCUT2D eigenvalue weighted by atomic mass is 9.88. The van der Waals surface area contributed by atoms with Gasteiger partial charge in [0.1, 0.15) is 5.60 Å². The van der Waals surface area contributed by atoms with E-state index in [-0.39, 0.29) is 0 Å². The zero-order valence-electron chi connectivity index (χ0n) is 10.2. The minimum absolute atomic E-state index is 0.695. The van der Waals surface area contributed by atoms with Gasteiger partial charge in [-0.3, -0.25) is 4.68 Å². The number of hydrogen-bond acceptors (Lipinski definition) is 3. The van der Waals surface area contributed by atoms with Gasteiger partial charge in [-0.05, 0) is 32.9 Å². The normalized spacial score (nSPS) is 27.2. The quantitative estimate of drug-likeness (QED) is 0.837. The summed E-state index contributed by atoms with van der Waals surface area (Å²) in [5.74, 6) is 0. The highest BCUT2D eigenvalue weighted by molar-refractivity contribution is 5.17. The molecule has 0 aromatic carbocycles. The Balaban J connectivity index is 2.14. The molecule has 1 aliphatic heterocycles. The van der Waals surface area contributed by atoms with Crippen LogP contribution in [0.25, 0.3) is 0 Å². The van der Waals surface area contributed by atoms with Crippen molar-refractivity contribution in [1.82, 2.24) is 14.7 Å². The van der Waals surface area contributed by atoms with Crippen LogP contribution in [-0.4, -0.2) is 39.9 Å². The van der Waals surface area contributed by atoms with Crippen LogP contribution in [0.3, 0.4) is 0 Å². The first-order valence-electron chi connectivity index (χ1n) is 6.08. The largest absolute Gasteiger partial charge is 0.384 e. The van der Waals surface area contributed by atoms with Gasteiger partial charge in [0.05, 0.1) is 6.20 Å². The van der Waals surface area contributed by atoms with Crippen molar-refractivity contribution in [3.05, 3.63) is 18.0 Å². The lowest BCUT2D eigenvalue weighted by Crippen LogP contribution is -2.44. The van der Waals surface area contributed by atoms with E-state index in [1.165, 1.54) is 0 Å². The Hall–Kier alpha value is -0.870. The molecule has 0 aliphatic carbocycles. The zero-order chi connectivity index (χ0) is 11.6. The van der Waals surface area contributed by atoms with Gasteiger partial charge in [0.15, 0.2) is 0 Å². The van der Waals surface area contributed by atoms with Crippen molar-refractivity contribution >= 4 is 0 Å². The molecule has 1 atom stereocenters. The molecule has 4 heteroatoms. The van der Waals surface area contributed by atoms with Gasteiger partial charge in [0.2, 0.25) is 0 Å². The predicted octanol–water partition coefficient (Wildman–Crippen LogP) is 1.21. The molecule has 0 bridgehead atoms. The molecule has 0 saturated carbocycles. The van der Waals surface area contributed by atoms with Crippen LogP contribution in [0.4, 0.5) is 0 Å². The first-order valence-corrected chi connectivity index (χ1v) is 6.08. The molecule has 90 valence electrons. The summed E-state index contributed by atoms with van der Waals surface area (Å²) in [6.45, 7) is 4.84. The van der Waals surface area contributed by atoms with Gasteiger partial charge in [0.25, 0.3) is 0 Å². The molecular formula is C12H21N3O. The second kappa shape index (κ2) is 4.55. The van der Waals surface area contributed by atoms with Crippen molar-refractivity contribution < 1.29 is 5.11 Å². The van der Waals surface area contributed by atoms with Gasteiger partial charge in [0, 0.05) is 24.8 Å². The van der Waals surface area contributed by atoms with E-state index in [1.54, 1.807) is 0 Å². The third-order valence-corrected chi connectivity index (χ3v) is 3.28. The molecule has 2 heterocycles. The average Bonchev–Trinajstić information content (AvgIpc) is 2.67. The zero-order valence-corrected chi connectivity index (χ0v) is 10.2. The fourth-order valence-corrected chi connectivity index (χ4v) is 2.44. The Morgan fingerprint density at radius 1 is 1.56 bits per heavy atom. The topological polar surface area (TPSA) is 41.3 Å². The van der Waals surface area contributed by atoms with Crippen molar-refractivity contribution in [3.63, 3.8) is 0 Å². The van der Waals surface area contributed by atoms with Crippen molar-refractivity contribution in [3.8, 4) is 0 Å². The molecule has 1 fully saturated rings. The van der Waals surface area contributed by atoms with E-state index in [0.29, 0.717) is 6.54 Å². The number of aryl methyl sites for hydroxylation is 1. The second-order valence-corrected chi connectivity index (χ2v) is 4.87. The van der Waals surface area contributed by atoms with Crippen LogP contribution in [0.15, 0.2) is 12.4 Å². The fraction of sp³-hybridized carbons (Fsp3) is 0.750. The molecule has 1 aromatic rings. The third-order valence-electron chi connectivity index (χ3n) is 3.28. The summed E-state index contributed by atoms with van der Waals surface area (Å²) in [5, 5.41) is 14.9. The average molecular weight is 223 g/mol. The molecule has 1 saturated heterocycles. The lowest BCUT2D eigenvalue weighted by Gasteiger charge is -2.36. The summed E-state index contributed by atoms with van der Waals surface area (Å²) < 4.78 is 1.92. The van der Waals surface area contributed by atoms with Gasteiger partial charge >= 0.3 is 0 Å². The van der Waals surface area contributed by atoms with Crippen molar-refractivity contribution in [2.75, 3.05) is 20.1 Å². The number of β-amino-alcohol motifs (C(OH)–C–C–N with tert-alkyl or cyclic N) is 1. The van der Waals surface area contributed by atoms with Gasteiger partial charge in [-0.15, -0.1) is 0 Å². The Bertz CT molecular complexity index is 350. The summed E-state index contributed by atoms with van der Waals surface area (Å²) in [6, 6.07) is 0. The summed E-state index contributed by atoms with van der Waals surface area (Å²) in [5.41, 5.74) is 0.270. The first kappa shape index (κ1) is 11.6. The van der Waals surface area contributed by atoms with Gasteiger partial charge in [-0.1, -0.05) is 6.92 Å². The fourth-order valence-electron chi connectivity index (χ4n) is 2.44. The molecule has 0 radical (unpaired) electrons. The molecule has 2 rings (SSSR count).